The number of thiocarbonyl (C=S) groups is 1. The maximum absolute atomic E-state index is 12.2. The van der Waals surface area contributed by atoms with Gasteiger partial charge in [-0.15, -0.1) is 0 Å². The highest BCUT2D eigenvalue weighted by molar-refractivity contribution is 7.80. The van der Waals surface area contributed by atoms with E-state index in [0.29, 0.717) is 41.1 Å². The zero-order valence-corrected chi connectivity index (χ0v) is 15.1. The lowest BCUT2D eigenvalue weighted by molar-refractivity contribution is -0.136. The van der Waals surface area contributed by atoms with Gasteiger partial charge in [-0.3, -0.25) is 0 Å². The first-order chi connectivity index (χ1) is 11.5. The Bertz CT molecular complexity index is 673. The second-order valence-electron chi connectivity index (χ2n) is 5.13. The summed E-state index contributed by atoms with van der Waals surface area (Å²) in [6.07, 6.45) is 0. The van der Waals surface area contributed by atoms with Gasteiger partial charge in [0, 0.05) is 5.70 Å². The van der Waals surface area contributed by atoms with E-state index in [0.717, 1.165) is 5.56 Å². The van der Waals surface area contributed by atoms with Crippen molar-refractivity contribution in [2.24, 2.45) is 0 Å². The van der Waals surface area contributed by atoms with Crippen molar-refractivity contribution in [3.05, 3.63) is 35.0 Å². The van der Waals surface area contributed by atoms with Crippen molar-refractivity contribution in [1.82, 2.24) is 10.6 Å². The van der Waals surface area contributed by atoms with Crippen LogP contribution in [0, 0.1) is 0 Å². The van der Waals surface area contributed by atoms with Crippen molar-refractivity contribution in [3.8, 4) is 11.5 Å². The van der Waals surface area contributed by atoms with Gasteiger partial charge in [0.25, 0.3) is 0 Å². The summed E-state index contributed by atoms with van der Waals surface area (Å²) in [7, 11) is 1.36. The second-order valence-corrected chi connectivity index (χ2v) is 5.54. The topological polar surface area (TPSA) is 68.8 Å². The molecule has 24 heavy (non-hydrogen) atoms. The third-order valence-corrected chi connectivity index (χ3v) is 3.80. The molecule has 0 spiro atoms. The number of methoxy groups -OCH3 is 1. The first kappa shape index (κ1) is 18.1. The number of rotatable bonds is 6. The van der Waals surface area contributed by atoms with Gasteiger partial charge in [0.15, 0.2) is 16.6 Å². The van der Waals surface area contributed by atoms with E-state index in [4.69, 9.17) is 26.4 Å². The third-order valence-electron chi connectivity index (χ3n) is 3.58. The molecule has 1 atom stereocenters. The lowest BCUT2D eigenvalue weighted by atomic mass is 9.95. The molecule has 2 rings (SSSR count). The Labute approximate surface area is 147 Å². The van der Waals surface area contributed by atoms with Crippen molar-refractivity contribution in [3.63, 3.8) is 0 Å². The summed E-state index contributed by atoms with van der Waals surface area (Å²) in [6.45, 7) is 6.67. The Balaban J connectivity index is 2.47. The first-order valence-electron chi connectivity index (χ1n) is 7.77. The smallest absolute Gasteiger partial charge is 0.337 e. The van der Waals surface area contributed by atoms with Crippen LogP contribution in [0.2, 0.25) is 0 Å². The molecule has 1 heterocycles. The van der Waals surface area contributed by atoms with Gasteiger partial charge in [0.1, 0.15) is 0 Å². The Kier molecular flexibility index (Phi) is 6.03. The number of nitrogens with one attached hydrogen (secondary N) is 2. The molecule has 0 radical (unpaired) electrons. The second kappa shape index (κ2) is 8.01. The summed E-state index contributed by atoms with van der Waals surface area (Å²) >= 11 is 5.22. The highest BCUT2D eigenvalue weighted by Crippen LogP contribution is 2.34. The summed E-state index contributed by atoms with van der Waals surface area (Å²) in [5, 5.41) is 6.53. The molecule has 0 bridgehead atoms. The molecule has 6 nitrogen and oxygen atoms in total. The summed E-state index contributed by atoms with van der Waals surface area (Å²) < 4.78 is 16.2. The molecule has 0 saturated carbocycles. The van der Waals surface area contributed by atoms with E-state index in [2.05, 4.69) is 10.6 Å². The molecule has 1 unspecified atom stereocenters. The summed E-state index contributed by atoms with van der Waals surface area (Å²) in [4.78, 5) is 12.2. The van der Waals surface area contributed by atoms with E-state index in [1.165, 1.54) is 7.11 Å². The monoisotopic (exact) mass is 350 g/mol. The number of hydrogen-bond donors (Lipinski definition) is 2. The lowest BCUT2D eigenvalue weighted by Gasteiger charge is -2.30. The molecule has 130 valence electrons. The van der Waals surface area contributed by atoms with E-state index < -0.39 is 12.0 Å². The third kappa shape index (κ3) is 3.79. The van der Waals surface area contributed by atoms with Gasteiger partial charge in [-0.25, -0.2) is 4.79 Å². The van der Waals surface area contributed by atoms with Crippen LogP contribution < -0.4 is 20.1 Å². The minimum atomic E-state index is -0.416. The Morgan fingerprint density at radius 2 is 1.88 bits per heavy atom. The van der Waals surface area contributed by atoms with Crippen molar-refractivity contribution < 1.29 is 19.0 Å². The van der Waals surface area contributed by atoms with Gasteiger partial charge in [-0.05, 0) is 50.7 Å². The Morgan fingerprint density at radius 3 is 2.50 bits per heavy atom. The maximum atomic E-state index is 12.2. The van der Waals surface area contributed by atoms with Gasteiger partial charge in [-0.2, -0.15) is 0 Å². The number of carbonyl (C=O) groups excluding carboxylic acids is 1. The van der Waals surface area contributed by atoms with Crippen LogP contribution in [0.1, 0.15) is 32.4 Å². The Hall–Kier alpha value is -2.28. The van der Waals surface area contributed by atoms with E-state index in [1.807, 2.05) is 32.0 Å². The SMILES string of the molecule is CCOc1ccc(C2NC(=S)NC(C)=C2C(=O)OC)cc1OCC. The predicted octanol–water partition coefficient (Wildman–Crippen LogP) is 2.45. The van der Waals surface area contributed by atoms with Gasteiger partial charge in [0.2, 0.25) is 0 Å². The van der Waals surface area contributed by atoms with Gasteiger partial charge < -0.3 is 24.8 Å². The lowest BCUT2D eigenvalue weighted by Crippen LogP contribution is -2.45. The molecule has 1 aromatic carbocycles. The van der Waals surface area contributed by atoms with Crippen LogP contribution in [-0.4, -0.2) is 31.4 Å². The van der Waals surface area contributed by atoms with Gasteiger partial charge in [-0.1, -0.05) is 6.07 Å². The molecular weight excluding hydrogens is 328 g/mol. The van der Waals surface area contributed by atoms with Crippen LogP contribution in [0.15, 0.2) is 29.5 Å². The van der Waals surface area contributed by atoms with Crippen molar-refractivity contribution in [2.75, 3.05) is 20.3 Å². The highest BCUT2D eigenvalue weighted by Gasteiger charge is 2.31. The minimum Gasteiger partial charge on any atom is -0.490 e. The number of ether oxygens (including phenoxy) is 3. The van der Waals surface area contributed by atoms with Crippen molar-refractivity contribution >= 4 is 23.3 Å². The van der Waals surface area contributed by atoms with E-state index >= 15 is 0 Å². The fraction of sp³-hybridized carbons (Fsp3) is 0.412. The number of carbonyl (C=O) groups is 1. The van der Waals surface area contributed by atoms with Crippen molar-refractivity contribution in [1.29, 1.82) is 0 Å². The average Bonchev–Trinajstić information content (AvgIpc) is 2.55. The summed E-state index contributed by atoms with van der Waals surface area (Å²) in [5.74, 6) is 0.886. The van der Waals surface area contributed by atoms with E-state index in [-0.39, 0.29) is 0 Å². The number of allylic oxidation sites excluding steroid dienone is 1. The average molecular weight is 350 g/mol. The molecule has 0 aromatic heterocycles. The molecular formula is C17H22N2O4S. The largest absolute Gasteiger partial charge is 0.490 e. The molecule has 0 saturated heterocycles. The number of benzene rings is 1. The molecule has 0 fully saturated rings. The fourth-order valence-electron chi connectivity index (χ4n) is 2.57. The first-order valence-corrected chi connectivity index (χ1v) is 8.18. The maximum Gasteiger partial charge on any atom is 0.337 e. The van der Waals surface area contributed by atoms with E-state index in [9.17, 15) is 4.79 Å². The molecule has 1 aliphatic heterocycles. The summed E-state index contributed by atoms with van der Waals surface area (Å²) in [5.41, 5.74) is 1.99. The van der Waals surface area contributed by atoms with Crippen LogP contribution in [0.4, 0.5) is 0 Å². The van der Waals surface area contributed by atoms with Crippen LogP contribution >= 0.6 is 12.2 Å². The van der Waals surface area contributed by atoms with Crippen LogP contribution in [0.5, 0.6) is 11.5 Å². The van der Waals surface area contributed by atoms with E-state index in [1.54, 1.807) is 6.92 Å². The number of esters is 1. The van der Waals surface area contributed by atoms with Gasteiger partial charge >= 0.3 is 5.97 Å². The van der Waals surface area contributed by atoms with Crippen LogP contribution in [0.25, 0.3) is 0 Å². The normalized spacial score (nSPS) is 17.0. The summed E-state index contributed by atoms with van der Waals surface area (Å²) in [6, 6.07) is 5.16. The minimum absolute atomic E-state index is 0.410. The molecule has 7 heteroatoms. The highest BCUT2D eigenvalue weighted by atomic mass is 32.1. The zero-order valence-electron chi connectivity index (χ0n) is 14.3. The molecule has 2 N–H and O–H groups in total. The fourth-order valence-corrected chi connectivity index (χ4v) is 2.84. The standard InChI is InChI=1S/C17H22N2O4S/c1-5-22-12-8-7-11(9-13(12)23-6-2)15-14(16(20)21-4)10(3)18-17(24)19-15/h7-9,15H,5-6H2,1-4H3,(H2,18,19,24). The van der Waals surface area contributed by atoms with Gasteiger partial charge in [0.05, 0.1) is 31.9 Å². The Morgan fingerprint density at radius 1 is 1.21 bits per heavy atom. The van der Waals surface area contributed by atoms with Crippen LogP contribution in [-0.2, 0) is 9.53 Å². The molecule has 0 aliphatic carbocycles. The van der Waals surface area contributed by atoms with Crippen molar-refractivity contribution in [2.45, 2.75) is 26.8 Å². The number of hydrogen-bond acceptors (Lipinski definition) is 5. The predicted molar refractivity (Wildman–Crippen MR) is 95.1 cm³/mol. The molecule has 0 amide bonds. The molecule has 1 aromatic rings. The zero-order chi connectivity index (χ0) is 17.7. The quantitative estimate of drug-likeness (QED) is 0.603. The van der Waals surface area contributed by atoms with Crippen LogP contribution in [0.3, 0.4) is 0 Å². The molecule has 1 aliphatic rings.